The zero-order valence-corrected chi connectivity index (χ0v) is 16.0. The number of aromatic nitrogens is 4. The Bertz CT molecular complexity index is 830. The predicted octanol–water partition coefficient (Wildman–Crippen LogP) is 2.72. The lowest BCUT2D eigenvalue weighted by atomic mass is 10.2. The van der Waals surface area contributed by atoms with E-state index >= 15 is 0 Å². The van der Waals surface area contributed by atoms with Crippen LogP contribution in [0.1, 0.15) is 11.3 Å². The van der Waals surface area contributed by atoms with Gasteiger partial charge in [0.25, 0.3) is 5.78 Å². The first-order valence-corrected chi connectivity index (χ1v) is 9.28. The second kappa shape index (κ2) is 7.84. The van der Waals surface area contributed by atoms with Crippen molar-refractivity contribution in [3.8, 4) is 0 Å². The number of benzene rings is 1. The van der Waals surface area contributed by atoms with Gasteiger partial charge in [0.1, 0.15) is 5.82 Å². The summed E-state index contributed by atoms with van der Waals surface area (Å²) in [6, 6.07) is 12.4. The van der Waals surface area contributed by atoms with Crippen LogP contribution in [0.2, 0.25) is 0 Å². The molecule has 0 bridgehead atoms. The molecule has 2 heterocycles. The number of nitrogens with zero attached hydrogens (tertiary/aromatic N) is 6. The van der Waals surface area contributed by atoms with Gasteiger partial charge < -0.3 is 9.80 Å². The average Bonchev–Trinajstić information content (AvgIpc) is 3.00. The van der Waals surface area contributed by atoms with Gasteiger partial charge in [0.15, 0.2) is 0 Å². The zero-order chi connectivity index (χ0) is 17.8. The zero-order valence-electron chi connectivity index (χ0n) is 15.2. The van der Waals surface area contributed by atoms with Crippen molar-refractivity contribution in [2.75, 3.05) is 39.1 Å². The Hall–Kier alpha value is -2.12. The maximum atomic E-state index is 4.67. The smallest absolute Gasteiger partial charge is 0.255 e. The van der Waals surface area contributed by atoms with E-state index in [9.17, 15) is 0 Å². The number of likely N-dealkylation sites (N-methyl/N-ethyl adjacent to an activating group) is 2. The summed E-state index contributed by atoms with van der Waals surface area (Å²) >= 11 is 1.63. The molecule has 25 heavy (non-hydrogen) atoms. The molecule has 0 amide bonds. The van der Waals surface area contributed by atoms with E-state index in [0.717, 1.165) is 35.5 Å². The molecule has 0 spiro atoms. The van der Waals surface area contributed by atoms with Gasteiger partial charge in [-0.3, -0.25) is 0 Å². The average molecular weight is 356 g/mol. The van der Waals surface area contributed by atoms with Crippen molar-refractivity contribution < 1.29 is 0 Å². The minimum absolute atomic E-state index is 0.655. The normalized spacial score (nSPS) is 11.4. The van der Waals surface area contributed by atoms with Crippen LogP contribution in [0.3, 0.4) is 0 Å². The van der Waals surface area contributed by atoms with Crippen molar-refractivity contribution in [1.29, 1.82) is 0 Å². The number of fused-ring (bicyclic) bond motifs is 1. The number of anilines is 1. The summed E-state index contributed by atoms with van der Waals surface area (Å²) in [5, 5.41) is 5.42. The molecule has 3 rings (SSSR count). The number of rotatable bonds is 7. The fraction of sp³-hybridized carbons (Fsp3) is 0.389. The van der Waals surface area contributed by atoms with Gasteiger partial charge in [-0.25, -0.2) is 4.98 Å². The molecule has 132 valence electrons. The Labute approximate surface area is 152 Å². The molecule has 0 fully saturated rings. The minimum Gasteiger partial charge on any atom is -0.358 e. The molecule has 0 aliphatic heterocycles. The number of hydrogen-bond acceptors (Lipinski definition) is 6. The highest BCUT2D eigenvalue weighted by Gasteiger charge is 2.13. The lowest BCUT2D eigenvalue weighted by molar-refractivity contribution is 0.416. The first-order chi connectivity index (χ1) is 12.0. The van der Waals surface area contributed by atoms with Crippen LogP contribution in [0.5, 0.6) is 0 Å². The fourth-order valence-electron chi connectivity index (χ4n) is 2.47. The summed E-state index contributed by atoms with van der Waals surface area (Å²) in [6.07, 6.45) is 0. The van der Waals surface area contributed by atoms with Gasteiger partial charge in [-0.1, -0.05) is 42.1 Å². The maximum absolute atomic E-state index is 4.67. The van der Waals surface area contributed by atoms with Gasteiger partial charge in [-0.2, -0.15) is 9.50 Å². The molecule has 0 aliphatic rings. The molecule has 7 heteroatoms. The lowest BCUT2D eigenvalue weighted by Gasteiger charge is -2.21. The monoisotopic (exact) mass is 356 g/mol. The van der Waals surface area contributed by atoms with Crippen molar-refractivity contribution >= 4 is 23.4 Å². The summed E-state index contributed by atoms with van der Waals surface area (Å²) < 4.78 is 1.84. The third-order valence-corrected chi connectivity index (χ3v) is 4.80. The van der Waals surface area contributed by atoms with Gasteiger partial charge in [-0.15, -0.1) is 5.10 Å². The topological polar surface area (TPSA) is 49.6 Å². The highest BCUT2D eigenvalue weighted by Crippen LogP contribution is 2.22. The molecule has 0 radical (unpaired) electrons. The van der Waals surface area contributed by atoms with Crippen molar-refractivity contribution in [2.24, 2.45) is 0 Å². The first kappa shape index (κ1) is 17.7. The van der Waals surface area contributed by atoms with Crippen LogP contribution < -0.4 is 4.90 Å². The van der Waals surface area contributed by atoms with Crippen LogP contribution in [-0.2, 0) is 5.75 Å². The van der Waals surface area contributed by atoms with Crippen LogP contribution in [-0.4, -0.2) is 58.7 Å². The molecular formula is C18H24N6S. The second-order valence-corrected chi connectivity index (χ2v) is 7.30. The van der Waals surface area contributed by atoms with E-state index in [0.29, 0.717) is 5.78 Å². The Kier molecular flexibility index (Phi) is 5.55. The molecule has 0 N–H and O–H groups in total. The van der Waals surface area contributed by atoms with Crippen LogP contribution in [0, 0.1) is 6.92 Å². The van der Waals surface area contributed by atoms with Gasteiger partial charge >= 0.3 is 0 Å². The summed E-state index contributed by atoms with van der Waals surface area (Å²) in [5.74, 6) is 2.52. The highest BCUT2D eigenvalue weighted by molar-refractivity contribution is 7.98. The largest absolute Gasteiger partial charge is 0.358 e. The van der Waals surface area contributed by atoms with Crippen molar-refractivity contribution in [2.45, 2.75) is 17.8 Å². The summed E-state index contributed by atoms with van der Waals surface area (Å²) in [5.41, 5.74) is 2.21. The molecule has 0 atom stereocenters. The number of hydrogen-bond donors (Lipinski definition) is 0. The molecule has 0 aliphatic carbocycles. The van der Waals surface area contributed by atoms with Crippen LogP contribution in [0.4, 0.5) is 5.82 Å². The van der Waals surface area contributed by atoms with Gasteiger partial charge in [0.2, 0.25) is 5.16 Å². The quantitative estimate of drug-likeness (QED) is 0.607. The van der Waals surface area contributed by atoms with E-state index in [1.54, 1.807) is 11.8 Å². The van der Waals surface area contributed by atoms with Crippen molar-refractivity contribution in [3.05, 3.63) is 47.7 Å². The number of thioether (sulfide) groups is 1. The first-order valence-electron chi connectivity index (χ1n) is 8.30. The van der Waals surface area contributed by atoms with Crippen molar-refractivity contribution in [3.63, 3.8) is 0 Å². The Morgan fingerprint density at radius 1 is 1.04 bits per heavy atom. The third-order valence-electron chi connectivity index (χ3n) is 3.89. The van der Waals surface area contributed by atoms with Crippen LogP contribution in [0.15, 0.2) is 41.6 Å². The molecule has 3 aromatic rings. The van der Waals surface area contributed by atoms with Gasteiger partial charge in [0, 0.05) is 37.7 Å². The fourth-order valence-corrected chi connectivity index (χ4v) is 3.24. The SMILES string of the molecule is Cc1cc(N(C)CCN(C)C)n2nc(SCc3ccccc3)nc2n1. The van der Waals surface area contributed by atoms with E-state index in [1.165, 1.54) is 5.56 Å². The highest BCUT2D eigenvalue weighted by atomic mass is 32.2. The van der Waals surface area contributed by atoms with Gasteiger partial charge in [0.05, 0.1) is 0 Å². The molecule has 6 nitrogen and oxygen atoms in total. The molecule has 0 saturated heterocycles. The van der Waals surface area contributed by atoms with Crippen LogP contribution >= 0.6 is 11.8 Å². The molecule has 0 unspecified atom stereocenters. The third kappa shape index (κ3) is 4.49. The Morgan fingerprint density at radius 2 is 1.80 bits per heavy atom. The summed E-state index contributed by atoms with van der Waals surface area (Å²) in [4.78, 5) is 13.5. The maximum Gasteiger partial charge on any atom is 0.255 e. The van der Waals surface area contributed by atoms with E-state index in [1.807, 2.05) is 17.5 Å². The van der Waals surface area contributed by atoms with Crippen molar-refractivity contribution in [1.82, 2.24) is 24.5 Å². The van der Waals surface area contributed by atoms with Crippen LogP contribution in [0.25, 0.3) is 5.78 Å². The van der Waals surface area contributed by atoms with E-state index in [2.05, 4.69) is 76.3 Å². The lowest BCUT2D eigenvalue weighted by Crippen LogP contribution is -2.30. The predicted molar refractivity (Wildman–Crippen MR) is 103 cm³/mol. The Balaban J connectivity index is 1.82. The molecule has 1 aromatic carbocycles. The second-order valence-electron chi connectivity index (χ2n) is 6.36. The van der Waals surface area contributed by atoms with E-state index in [4.69, 9.17) is 0 Å². The summed E-state index contributed by atoms with van der Waals surface area (Å²) in [7, 11) is 6.24. The van der Waals surface area contributed by atoms with E-state index < -0.39 is 0 Å². The Morgan fingerprint density at radius 3 is 2.52 bits per heavy atom. The molecular weight excluding hydrogens is 332 g/mol. The minimum atomic E-state index is 0.655. The standard InChI is InChI=1S/C18H24N6S/c1-14-12-16(23(4)11-10-22(2)3)24-17(19-14)20-18(21-24)25-13-15-8-6-5-7-9-15/h5-9,12H,10-11,13H2,1-4H3. The molecule has 2 aromatic heterocycles. The van der Waals surface area contributed by atoms with E-state index in [-0.39, 0.29) is 0 Å². The van der Waals surface area contributed by atoms with Gasteiger partial charge in [-0.05, 0) is 26.6 Å². The summed E-state index contributed by atoms with van der Waals surface area (Å²) in [6.45, 7) is 3.89. The molecule has 0 saturated carbocycles. The number of aryl methyl sites for hydroxylation is 1.